The number of primary amides is 1. The number of amides is 3. The second kappa shape index (κ2) is 12.5. The Bertz CT molecular complexity index is 701. The quantitative estimate of drug-likeness (QED) is 0.467. The minimum atomic E-state index is -0.956. The number of nitrogens with two attached hydrogens (primary N) is 1. The van der Waals surface area contributed by atoms with Gasteiger partial charge in [0, 0.05) is 24.3 Å². The third-order valence-electron chi connectivity index (χ3n) is 5.38. The van der Waals surface area contributed by atoms with Crippen molar-refractivity contribution in [2.24, 2.45) is 17.6 Å². The Morgan fingerprint density at radius 2 is 2.07 bits per heavy atom. The van der Waals surface area contributed by atoms with Crippen molar-refractivity contribution in [1.82, 2.24) is 10.6 Å². The van der Waals surface area contributed by atoms with E-state index >= 15 is 0 Å². The molecule has 4 atom stereocenters. The average molecular weight is 436 g/mol. The number of hydrogen-bond donors (Lipinski definition) is 3. The molecule has 1 aliphatic heterocycles. The number of aryl methyl sites for hydroxylation is 1. The van der Waals surface area contributed by atoms with Gasteiger partial charge in [0.1, 0.15) is 0 Å². The van der Waals surface area contributed by atoms with Crippen LogP contribution >= 0.6 is 11.8 Å². The molecule has 166 valence electrons. The molecule has 1 aromatic rings. The fourth-order valence-corrected chi connectivity index (χ4v) is 4.39. The Balaban J connectivity index is 1.92. The number of hydrogen-bond acceptors (Lipinski definition) is 5. The molecule has 1 fully saturated rings. The molecule has 0 spiro atoms. The molecule has 2 rings (SSSR count). The second-order valence-corrected chi connectivity index (χ2v) is 8.87. The first-order valence-electron chi connectivity index (χ1n) is 10.5. The molecular formula is C22H33N3O4S. The van der Waals surface area contributed by atoms with Crippen molar-refractivity contribution in [3.63, 3.8) is 0 Å². The summed E-state index contributed by atoms with van der Waals surface area (Å²) in [5.74, 6) is 0.442. The lowest BCUT2D eigenvalue weighted by atomic mass is 9.95. The molecule has 0 radical (unpaired) electrons. The molecule has 7 nitrogen and oxygen atoms in total. The first-order valence-corrected chi connectivity index (χ1v) is 11.9. The predicted octanol–water partition coefficient (Wildman–Crippen LogP) is 2.48. The molecule has 1 aliphatic rings. The van der Waals surface area contributed by atoms with Gasteiger partial charge in [0.25, 0.3) is 5.91 Å². The second-order valence-electron chi connectivity index (χ2n) is 7.96. The maximum absolute atomic E-state index is 12.9. The van der Waals surface area contributed by atoms with Gasteiger partial charge >= 0.3 is 6.09 Å². The average Bonchev–Trinajstić information content (AvgIpc) is 3.11. The van der Waals surface area contributed by atoms with Crippen LogP contribution in [0.2, 0.25) is 0 Å². The zero-order valence-corrected chi connectivity index (χ0v) is 18.6. The van der Waals surface area contributed by atoms with Gasteiger partial charge in [-0.3, -0.25) is 9.59 Å². The van der Waals surface area contributed by atoms with Gasteiger partial charge in [-0.05, 0) is 49.8 Å². The lowest BCUT2D eigenvalue weighted by Gasteiger charge is -2.25. The highest BCUT2D eigenvalue weighted by molar-refractivity contribution is 7.98. The van der Waals surface area contributed by atoms with E-state index in [0.717, 1.165) is 19.3 Å². The molecule has 8 heteroatoms. The Kier molecular flexibility index (Phi) is 10.00. The van der Waals surface area contributed by atoms with Crippen LogP contribution in [-0.4, -0.2) is 48.6 Å². The van der Waals surface area contributed by atoms with Gasteiger partial charge in [-0.25, -0.2) is 4.79 Å². The molecule has 4 N–H and O–H groups in total. The first kappa shape index (κ1) is 24.1. The van der Waals surface area contributed by atoms with Gasteiger partial charge in [0.15, 0.2) is 6.10 Å². The highest BCUT2D eigenvalue weighted by Crippen LogP contribution is 2.20. The largest absolute Gasteiger partial charge is 0.436 e. The van der Waals surface area contributed by atoms with E-state index in [1.807, 2.05) is 31.4 Å². The molecule has 0 aliphatic carbocycles. The summed E-state index contributed by atoms with van der Waals surface area (Å²) in [6, 6.07) is 9.96. The summed E-state index contributed by atoms with van der Waals surface area (Å²) in [4.78, 5) is 36.1. The van der Waals surface area contributed by atoms with Crippen molar-refractivity contribution >= 4 is 29.7 Å². The van der Waals surface area contributed by atoms with Gasteiger partial charge in [0.2, 0.25) is 5.91 Å². The van der Waals surface area contributed by atoms with Crippen LogP contribution < -0.4 is 16.4 Å². The zero-order valence-electron chi connectivity index (χ0n) is 17.8. The number of thioether (sulfide) groups is 1. The molecule has 1 heterocycles. The van der Waals surface area contributed by atoms with Crippen molar-refractivity contribution in [1.29, 1.82) is 0 Å². The summed E-state index contributed by atoms with van der Waals surface area (Å²) in [5, 5.41) is 5.81. The van der Waals surface area contributed by atoms with E-state index in [-0.39, 0.29) is 29.7 Å². The zero-order chi connectivity index (χ0) is 21.9. The summed E-state index contributed by atoms with van der Waals surface area (Å²) >= 11 is 1.60. The molecule has 0 bridgehead atoms. The highest BCUT2D eigenvalue weighted by Gasteiger charge is 2.30. The highest BCUT2D eigenvalue weighted by atomic mass is 32.2. The number of carbonyl (C=O) groups is 3. The molecule has 0 unspecified atom stereocenters. The monoisotopic (exact) mass is 435 g/mol. The van der Waals surface area contributed by atoms with Crippen LogP contribution in [-0.2, 0) is 20.7 Å². The van der Waals surface area contributed by atoms with Crippen molar-refractivity contribution in [3.8, 4) is 0 Å². The summed E-state index contributed by atoms with van der Waals surface area (Å²) in [5.41, 5.74) is 6.45. The van der Waals surface area contributed by atoms with Crippen molar-refractivity contribution < 1.29 is 19.1 Å². The SMILES string of the molecule is CSC[C@@H](C[C@H]1CCNC1=O)NC(=O)[C@@H](C[C@H](C)CCc1ccccc1)OC(N)=O. The van der Waals surface area contributed by atoms with Gasteiger partial charge < -0.3 is 21.1 Å². The number of carbonyl (C=O) groups excluding carboxylic acids is 3. The minimum Gasteiger partial charge on any atom is -0.436 e. The van der Waals surface area contributed by atoms with Gasteiger partial charge in [0.05, 0.1) is 0 Å². The number of benzene rings is 1. The molecule has 1 saturated heterocycles. The van der Waals surface area contributed by atoms with Crippen molar-refractivity contribution in [2.45, 2.75) is 51.2 Å². The van der Waals surface area contributed by atoms with E-state index in [1.165, 1.54) is 5.56 Å². The molecule has 3 amide bonds. The Hall–Kier alpha value is -2.22. The summed E-state index contributed by atoms with van der Waals surface area (Å²) in [6.07, 6.45) is 3.57. The topological polar surface area (TPSA) is 111 Å². The van der Waals surface area contributed by atoms with E-state index in [0.29, 0.717) is 25.1 Å². The summed E-state index contributed by atoms with van der Waals surface area (Å²) in [7, 11) is 0. The van der Waals surface area contributed by atoms with Gasteiger partial charge in [-0.15, -0.1) is 0 Å². The molecular weight excluding hydrogens is 402 g/mol. The number of ether oxygens (including phenoxy) is 1. The normalized spacial score (nSPS) is 18.9. The maximum atomic E-state index is 12.9. The predicted molar refractivity (Wildman–Crippen MR) is 119 cm³/mol. The minimum absolute atomic E-state index is 0.0369. The fourth-order valence-electron chi connectivity index (χ4n) is 3.77. The van der Waals surface area contributed by atoms with Crippen molar-refractivity contribution in [3.05, 3.63) is 35.9 Å². The lowest BCUT2D eigenvalue weighted by molar-refractivity contribution is -0.131. The third kappa shape index (κ3) is 8.26. The van der Waals surface area contributed by atoms with Crippen LogP contribution in [0.1, 0.15) is 38.2 Å². The van der Waals surface area contributed by atoms with E-state index in [4.69, 9.17) is 10.5 Å². The van der Waals surface area contributed by atoms with E-state index in [9.17, 15) is 14.4 Å². The number of nitrogens with one attached hydrogen (secondary N) is 2. The lowest BCUT2D eigenvalue weighted by Crippen LogP contribution is -2.46. The first-order chi connectivity index (χ1) is 14.4. The summed E-state index contributed by atoms with van der Waals surface area (Å²) < 4.78 is 5.15. The van der Waals surface area contributed by atoms with E-state index in [1.54, 1.807) is 11.8 Å². The van der Waals surface area contributed by atoms with Gasteiger partial charge in [-0.2, -0.15) is 11.8 Å². The number of rotatable bonds is 12. The summed E-state index contributed by atoms with van der Waals surface area (Å²) in [6.45, 7) is 2.71. The molecule has 0 aromatic heterocycles. The fraction of sp³-hybridized carbons (Fsp3) is 0.591. The van der Waals surface area contributed by atoms with Crippen LogP contribution in [0.5, 0.6) is 0 Å². The van der Waals surface area contributed by atoms with Crippen LogP contribution in [0.4, 0.5) is 4.79 Å². The smallest absolute Gasteiger partial charge is 0.405 e. The van der Waals surface area contributed by atoms with E-state index < -0.39 is 12.2 Å². The Morgan fingerprint density at radius 1 is 1.33 bits per heavy atom. The Morgan fingerprint density at radius 3 is 2.67 bits per heavy atom. The van der Waals surface area contributed by atoms with Crippen LogP contribution in [0.3, 0.4) is 0 Å². The van der Waals surface area contributed by atoms with Crippen LogP contribution in [0.15, 0.2) is 30.3 Å². The maximum Gasteiger partial charge on any atom is 0.405 e. The van der Waals surface area contributed by atoms with E-state index in [2.05, 4.69) is 22.8 Å². The third-order valence-corrected chi connectivity index (χ3v) is 6.12. The van der Waals surface area contributed by atoms with Crippen molar-refractivity contribution in [2.75, 3.05) is 18.6 Å². The van der Waals surface area contributed by atoms with Crippen LogP contribution in [0.25, 0.3) is 0 Å². The molecule has 0 saturated carbocycles. The Labute approximate surface area is 182 Å². The van der Waals surface area contributed by atoms with Gasteiger partial charge in [-0.1, -0.05) is 37.3 Å². The molecule has 1 aromatic carbocycles. The standard InChI is InChI=1S/C22H33N3O4S/c1-15(8-9-16-6-4-3-5-7-16)12-19(29-22(23)28)21(27)25-18(14-30-2)13-17-10-11-24-20(17)26/h3-7,15,17-19H,8-14H2,1-2H3,(H2,23,28)(H,24,26)(H,25,27)/t15-,17-,18-,19-/m1/s1. The van der Waals surface area contributed by atoms with Crippen LogP contribution in [0, 0.1) is 11.8 Å². The molecule has 30 heavy (non-hydrogen) atoms.